The molecular formula is C29H25N7O2S. The number of thioether (sulfide) groups is 1. The Morgan fingerprint density at radius 2 is 1.69 bits per heavy atom. The van der Waals surface area contributed by atoms with Gasteiger partial charge in [0.05, 0.1) is 42.4 Å². The predicted molar refractivity (Wildman–Crippen MR) is 150 cm³/mol. The zero-order valence-corrected chi connectivity index (χ0v) is 22.6. The van der Waals surface area contributed by atoms with Crippen LogP contribution in [-0.2, 0) is 18.7 Å². The molecule has 0 spiro atoms. The van der Waals surface area contributed by atoms with Gasteiger partial charge >= 0.3 is 0 Å². The molecule has 0 fully saturated rings. The maximum absolute atomic E-state index is 9.10. The zero-order chi connectivity index (χ0) is 26.9. The topological polar surface area (TPSA) is 103 Å². The Hall–Kier alpha value is -4.62. The highest BCUT2D eigenvalue weighted by Gasteiger charge is 2.18. The fourth-order valence-electron chi connectivity index (χ4n) is 4.67. The summed E-state index contributed by atoms with van der Waals surface area (Å²) in [6, 6.07) is 21.6. The molecule has 0 amide bonds. The van der Waals surface area contributed by atoms with Gasteiger partial charge in [0, 0.05) is 30.2 Å². The molecule has 0 N–H and O–H groups in total. The number of aromatic nitrogens is 6. The van der Waals surface area contributed by atoms with Crippen LogP contribution in [-0.4, -0.2) is 43.4 Å². The van der Waals surface area contributed by atoms with Crippen LogP contribution in [0, 0.1) is 18.3 Å². The van der Waals surface area contributed by atoms with Crippen LogP contribution in [0.1, 0.15) is 22.8 Å². The van der Waals surface area contributed by atoms with Gasteiger partial charge in [-0.2, -0.15) is 9.78 Å². The molecular weight excluding hydrogens is 510 g/mol. The van der Waals surface area contributed by atoms with E-state index in [-0.39, 0.29) is 0 Å². The van der Waals surface area contributed by atoms with Crippen LogP contribution in [0.25, 0.3) is 27.6 Å². The first-order valence-corrected chi connectivity index (χ1v) is 13.4. The number of aryl methyl sites for hydroxylation is 3. The highest BCUT2D eigenvalue weighted by atomic mass is 32.2. The first-order chi connectivity index (χ1) is 19.1. The molecule has 0 radical (unpaired) electrons. The summed E-state index contributed by atoms with van der Waals surface area (Å²) >= 11 is 1.57. The lowest BCUT2D eigenvalue weighted by Gasteiger charge is -2.11. The minimum Gasteiger partial charge on any atom is -0.493 e. The van der Waals surface area contributed by atoms with Crippen molar-refractivity contribution in [1.82, 2.24) is 29.1 Å². The van der Waals surface area contributed by atoms with Crippen molar-refractivity contribution in [3.8, 4) is 17.6 Å². The highest BCUT2D eigenvalue weighted by molar-refractivity contribution is 7.98. The van der Waals surface area contributed by atoms with Crippen molar-refractivity contribution in [2.45, 2.75) is 30.8 Å². The fraction of sp³-hybridized carbons (Fsp3) is 0.207. The first-order valence-electron chi connectivity index (χ1n) is 12.4. The second-order valence-electron chi connectivity index (χ2n) is 9.03. The largest absolute Gasteiger partial charge is 0.493 e. The van der Waals surface area contributed by atoms with Crippen molar-refractivity contribution in [3.05, 3.63) is 83.4 Å². The third-order valence-electron chi connectivity index (χ3n) is 6.65. The third kappa shape index (κ3) is 4.62. The number of ether oxygens (including phenoxy) is 2. The zero-order valence-electron chi connectivity index (χ0n) is 21.8. The summed E-state index contributed by atoms with van der Waals surface area (Å²) in [6.45, 7) is 2.73. The molecule has 6 aromatic rings. The van der Waals surface area contributed by atoms with Gasteiger partial charge in [-0.25, -0.2) is 15.0 Å². The van der Waals surface area contributed by atoms with Gasteiger partial charge in [0.2, 0.25) is 0 Å². The van der Waals surface area contributed by atoms with Crippen molar-refractivity contribution < 1.29 is 9.47 Å². The Morgan fingerprint density at radius 1 is 0.923 bits per heavy atom. The lowest BCUT2D eigenvalue weighted by Crippen LogP contribution is -2.05. The van der Waals surface area contributed by atoms with Gasteiger partial charge < -0.3 is 14.0 Å². The Morgan fingerprint density at radius 3 is 2.46 bits per heavy atom. The van der Waals surface area contributed by atoms with Crippen molar-refractivity contribution in [2.75, 3.05) is 14.2 Å². The summed E-state index contributed by atoms with van der Waals surface area (Å²) in [5.74, 6) is 3.56. The SMILES string of the molecule is COc1cc2nc(SCc3ccc(C#N)cc3)n3nc(CCn4c(C)nc5ccccc54)nc3c2cc1OC. The van der Waals surface area contributed by atoms with Crippen LogP contribution in [0.15, 0.2) is 65.8 Å². The first kappa shape index (κ1) is 24.7. The molecule has 0 aliphatic heterocycles. The van der Waals surface area contributed by atoms with Crippen LogP contribution in [0.5, 0.6) is 11.5 Å². The van der Waals surface area contributed by atoms with Gasteiger partial charge in [0.15, 0.2) is 28.1 Å². The van der Waals surface area contributed by atoms with E-state index in [0.29, 0.717) is 41.4 Å². The summed E-state index contributed by atoms with van der Waals surface area (Å²) in [5, 5.41) is 15.5. The molecule has 0 unspecified atom stereocenters. The normalized spacial score (nSPS) is 11.3. The average Bonchev–Trinajstić information content (AvgIpc) is 3.54. The van der Waals surface area contributed by atoms with Crippen LogP contribution < -0.4 is 9.47 Å². The monoisotopic (exact) mass is 535 g/mol. The van der Waals surface area contributed by atoms with Crippen molar-refractivity contribution in [3.63, 3.8) is 0 Å². The predicted octanol–water partition coefficient (Wildman–Crippen LogP) is 5.36. The molecule has 6 rings (SSSR count). The van der Waals surface area contributed by atoms with Gasteiger partial charge in [0.1, 0.15) is 5.82 Å². The quantitative estimate of drug-likeness (QED) is 0.190. The summed E-state index contributed by atoms with van der Waals surface area (Å²) in [6.07, 6.45) is 0.636. The van der Waals surface area contributed by atoms with Crippen molar-refractivity contribution >= 4 is 39.3 Å². The van der Waals surface area contributed by atoms with E-state index < -0.39 is 0 Å². The van der Waals surface area contributed by atoms with E-state index >= 15 is 0 Å². The summed E-state index contributed by atoms with van der Waals surface area (Å²) < 4.78 is 15.1. The lowest BCUT2D eigenvalue weighted by molar-refractivity contribution is 0.355. The van der Waals surface area contributed by atoms with E-state index in [0.717, 1.165) is 44.3 Å². The second-order valence-corrected chi connectivity index (χ2v) is 9.97. The molecule has 9 nitrogen and oxygen atoms in total. The summed E-state index contributed by atoms with van der Waals surface area (Å²) in [5.41, 5.74) is 5.27. The minimum absolute atomic E-state index is 0.604. The smallest absolute Gasteiger partial charge is 0.191 e. The molecule has 0 aliphatic rings. The number of para-hydroxylation sites is 2. The molecule has 3 aromatic heterocycles. The highest BCUT2D eigenvalue weighted by Crippen LogP contribution is 2.35. The van der Waals surface area contributed by atoms with E-state index in [9.17, 15) is 0 Å². The molecule has 0 bridgehead atoms. The molecule has 0 atom stereocenters. The molecule has 39 heavy (non-hydrogen) atoms. The number of hydrogen-bond acceptors (Lipinski definition) is 8. The van der Waals surface area contributed by atoms with Gasteiger partial charge in [-0.3, -0.25) is 0 Å². The Balaban J connectivity index is 1.39. The number of hydrogen-bond donors (Lipinski definition) is 0. The third-order valence-corrected chi connectivity index (χ3v) is 7.65. The molecule has 0 saturated heterocycles. The van der Waals surface area contributed by atoms with E-state index in [1.807, 2.05) is 66.0 Å². The van der Waals surface area contributed by atoms with Gasteiger partial charge in [0.25, 0.3) is 0 Å². The Bertz CT molecular complexity index is 1870. The van der Waals surface area contributed by atoms with Gasteiger partial charge in [-0.1, -0.05) is 36.0 Å². The number of methoxy groups -OCH3 is 2. The molecule has 3 heterocycles. The number of nitrogens with zero attached hydrogens (tertiary/aromatic N) is 7. The van der Waals surface area contributed by atoms with E-state index in [2.05, 4.69) is 21.7 Å². The number of fused-ring (bicyclic) bond motifs is 4. The van der Waals surface area contributed by atoms with Crippen LogP contribution in [0.4, 0.5) is 0 Å². The average molecular weight is 536 g/mol. The molecule has 0 saturated carbocycles. The Kier molecular flexibility index (Phi) is 6.50. The number of imidazole rings is 1. The number of nitriles is 1. The van der Waals surface area contributed by atoms with Crippen LogP contribution in [0.3, 0.4) is 0 Å². The fourth-order valence-corrected chi connectivity index (χ4v) is 5.57. The minimum atomic E-state index is 0.604. The van der Waals surface area contributed by atoms with E-state index in [4.69, 9.17) is 29.8 Å². The summed E-state index contributed by atoms with van der Waals surface area (Å²) in [4.78, 5) is 14.6. The Labute approximate surface area is 229 Å². The van der Waals surface area contributed by atoms with Crippen molar-refractivity contribution in [1.29, 1.82) is 5.26 Å². The van der Waals surface area contributed by atoms with Crippen LogP contribution >= 0.6 is 11.8 Å². The molecule has 0 aliphatic carbocycles. The second kappa shape index (κ2) is 10.3. The van der Waals surface area contributed by atoms with Gasteiger partial charge in [-0.15, -0.1) is 5.10 Å². The molecule has 10 heteroatoms. The lowest BCUT2D eigenvalue weighted by atomic mass is 10.2. The maximum Gasteiger partial charge on any atom is 0.191 e. The standard InChI is InChI=1S/C29H25N7O2S/c1-18-31-22-6-4-5-7-24(22)35(18)13-12-27-33-28-21-14-25(37-2)26(38-3)15-23(21)32-29(36(28)34-27)39-17-20-10-8-19(16-30)9-11-20/h4-11,14-15H,12-13,17H2,1-3H3. The molecule has 194 valence electrons. The number of rotatable bonds is 8. The summed E-state index contributed by atoms with van der Waals surface area (Å²) in [7, 11) is 3.23. The number of benzene rings is 3. The maximum atomic E-state index is 9.10. The van der Waals surface area contributed by atoms with Crippen LogP contribution in [0.2, 0.25) is 0 Å². The molecule has 3 aromatic carbocycles. The van der Waals surface area contributed by atoms with Crippen molar-refractivity contribution in [2.24, 2.45) is 0 Å². The van der Waals surface area contributed by atoms with E-state index in [1.165, 1.54) is 0 Å². The van der Waals surface area contributed by atoms with E-state index in [1.54, 1.807) is 26.0 Å². The van der Waals surface area contributed by atoms with Gasteiger partial charge in [-0.05, 0) is 42.8 Å².